The zero-order chi connectivity index (χ0) is 19.4. The lowest BCUT2D eigenvalue weighted by Gasteiger charge is -2.26. The highest BCUT2D eigenvalue weighted by molar-refractivity contribution is 6.39. The number of imide groups is 2. The Balaban J connectivity index is 1.89. The number of carbonyl (C=O) groups is 3. The molecule has 27 heavy (non-hydrogen) atoms. The van der Waals surface area contributed by atoms with E-state index >= 15 is 0 Å². The summed E-state index contributed by atoms with van der Waals surface area (Å²) in [6, 6.07) is 14.4. The summed E-state index contributed by atoms with van der Waals surface area (Å²) in [6.45, 7) is 1.82. The van der Waals surface area contributed by atoms with E-state index in [1.807, 2.05) is 13.0 Å². The Morgan fingerprint density at radius 2 is 1.74 bits per heavy atom. The third-order valence-electron chi connectivity index (χ3n) is 3.89. The van der Waals surface area contributed by atoms with Crippen molar-refractivity contribution in [3.05, 3.63) is 65.2 Å². The number of nitriles is 1. The van der Waals surface area contributed by atoms with Gasteiger partial charge < -0.3 is 4.74 Å². The molecule has 3 rings (SSSR count). The Hall–Kier alpha value is -3.92. The van der Waals surface area contributed by atoms with Crippen LogP contribution in [0.3, 0.4) is 0 Å². The zero-order valence-electron chi connectivity index (χ0n) is 14.4. The highest BCUT2D eigenvalue weighted by Gasteiger charge is 2.36. The molecular formula is C20H15N3O4. The number of amides is 4. The van der Waals surface area contributed by atoms with Gasteiger partial charge in [0.25, 0.3) is 11.8 Å². The Morgan fingerprint density at radius 1 is 1.07 bits per heavy atom. The highest BCUT2D eigenvalue weighted by atomic mass is 16.5. The van der Waals surface area contributed by atoms with Crippen LogP contribution in [0, 0.1) is 18.3 Å². The van der Waals surface area contributed by atoms with Crippen LogP contribution in [0.4, 0.5) is 10.5 Å². The summed E-state index contributed by atoms with van der Waals surface area (Å²) >= 11 is 0. The molecule has 1 N–H and O–H groups in total. The van der Waals surface area contributed by atoms with Crippen molar-refractivity contribution in [2.45, 2.75) is 6.92 Å². The minimum Gasteiger partial charge on any atom is -0.479 e. The van der Waals surface area contributed by atoms with E-state index < -0.39 is 17.8 Å². The van der Waals surface area contributed by atoms with Crippen molar-refractivity contribution in [1.29, 1.82) is 5.26 Å². The molecule has 1 aliphatic rings. The van der Waals surface area contributed by atoms with Crippen LogP contribution in [-0.4, -0.2) is 24.5 Å². The smallest absolute Gasteiger partial charge is 0.335 e. The first-order chi connectivity index (χ1) is 13.0. The van der Waals surface area contributed by atoms with Gasteiger partial charge in [-0.2, -0.15) is 5.26 Å². The third kappa shape index (κ3) is 3.85. The van der Waals surface area contributed by atoms with Crippen LogP contribution in [0.25, 0.3) is 6.08 Å². The maximum absolute atomic E-state index is 12.8. The molecule has 7 nitrogen and oxygen atoms in total. The number of urea groups is 1. The van der Waals surface area contributed by atoms with E-state index in [9.17, 15) is 14.4 Å². The second-order valence-corrected chi connectivity index (χ2v) is 5.81. The van der Waals surface area contributed by atoms with Crippen LogP contribution in [-0.2, 0) is 9.59 Å². The van der Waals surface area contributed by atoms with Gasteiger partial charge in [-0.25, -0.2) is 9.69 Å². The van der Waals surface area contributed by atoms with E-state index in [4.69, 9.17) is 10.00 Å². The molecule has 0 aliphatic carbocycles. The van der Waals surface area contributed by atoms with Gasteiger partial charge in [-0.3, -0.25) is 14.9 Å². The standard InChI is InChI=1S/C20H15N3O4/c1-13-2-6-15(7-3-13)23-19(25)17(18(24)22-20(23)26)12-14-4-8-16(9-5-14)27-11-10-21/h2-9,12H,11H2,1H3,(H,22,24,26)/b17-12+. The molecule has 0 radical (unpaired) electrons. The number of hydrogen-bond donors (Lipinski definition) is 1. The maximum atomic E-state index is 12.8. The normalized spacial score (nSPS) is 15.5. The van der Waals surface area contributed by atoms with Gasteiger partial charge in [-0.05, 0) is 42.8 Å². The van der Waals surface area contributed by atoms with E-state index in [2.05, 4.69) is 5.32 Å². The summed E-state index contributed by atoms with van der Waals surface area (Å²) in [5.74, 6) is -0.954. The van der Waals surface area contributed by atoms with Gasteiger partial charge in [0.1, 0.15) is 17.4 Å². The molecule has 4 amide bonds. The quantitative estimate of drug-likeness (QED) is 0.666. The molecule has 0 spiro atoms. The monoisotopic (exact) mass is 361 g/mol. The molecule has 2 aromatic carbocycles. The van der Waals surface area contributed by atoms with Crippen LogP contribution in [0.5, 0.6) is 5.75 Å². The minimum atomic E-state index is -0.786. The molecule has 1 aliphatic heterocycles. The number of nitrogens with one attached hydrogen (secondary N) is 1. The molecule has 1 fully saturated rings. The number of ether oxygens (including phenoxy) is 1. The molecule has 0 saturated carbocycles. The van der Waals surface area contributed by atoms with Crippen molar-refractivity contribution < 1.29 is 19.1 Å². The van der Waals surface area contributed by atoms with Gasteiger partial charge in [0.2, 0.25) is 0 Å². The number of barbiturate groups is 1. The summed E-state index contributed by atoms with van der Waals surface area (Å²) in [5.41, 5.74) is 1.78. The lowest BCUT2D eigenvalue weighted by Crippen LogP contribution is -2.54. The average molecular weight is 361 g/mol. The number of anilines is 1. The molecule has 0 bridgehead atoms. The van der Waals surface area contributed by atoms with Crippen LogP contribution in [0.2, 0.25) is 0 Å². The van der Waals surface area contributed by atoms with E-state index in [1.165, 1.54) is 6.08 Å². The summed E-state index contributed by atoms with van der Waals surface area (Å²) in [7, 11) is 0. The Labute approximate surface area is 155 Å². The van der Waals surface area contributed by atoms with Gasteiger partial charge >= 0.3 is 6.03 Å². The van der Waals surface area contributed by atoms with Crippen LogP contribution in [0.15, 0.2) is 54.1 Å². The number of carbonyl (C=O) groups excluding carboxylic acids is 3. The van der Waals surface area contributed by atoms with Crippen molar-refractivity contribution in [3.8, 4) is 11.8 Å². The predicted octanol–water partition coefficient (Wildman–Crippen LogP) is 2.56. The fraction of sp³-hybridized carbons (Fsp3) is 0.100. The minimum absolute atomic E-state index is 0.0745. The Kier molecular flexibility index (Phi) is 4.99. The molecular weight excluding hydrogens is 346 g/mol. The number of nitrogens with zero attached hydrogens (tertiary/aromatic N) is 2. The van der Waals surface area contributed by atoms with Gasteiger partial charge in [0, 0.05) is 0 Å². The van der Waals surface area contributed by atoms with E-state index in [1.54, 1.807) is 48.5 Å². The number of hydrogen-bond acceptors (Lipinski definition) is 5. The molecule has 134 valence electrons. The van der Waals surface area contributed by atoms with Crippen molar-refractivity contribution in [2.75, 3.05) is 11.5 Å². The maximum Gasteiger partial charge on any atom is 0.335 e. The van der Waals surface area contributed by atoms with Crippen molar-refractivity contribution in [1.82, 2.24) is 5.32 Å². The van der Waals surface area contributed by atoms with Crippen molar-refractivity contribution in [3.63, 3.8) is 0 Å². The molecule has 1 heterocycles. The summed E-state index contributed by atoms with van der Waals surface area (Å²) in [6.07, 6.45) is 1.40. The second kappa shape index (κ2) is 7.54. The first-order valence-corrected chi connectivity index (χ1v) is 8.07. The molecule has 0 aromatic heterocycles. The fourth-order valence-corrected chi connectivity index (χ4v) is 2.53. The lowest BCUT2D eigenvalue weighted by molar-refractivity contribution is -0.122. The number of benzene rings is 2. The highest BCUT2D eigenvalue weighted by Crippen LogP contribution is 2.23. The Morgan fingerprint density at radius 3 is 2.37 bits per heavy atom. The average Bonchev–Trinajstić information content (AvgIpc) is 2.66. The number of rotatable bonds is 4. The van der Waals surface area contributed by atoms with Crippen LogP contribution >= 0.6 is 0 Å². The van der Waals surface area contributed by atoms with Gasteiger partial charge in [-0.1, -0.05) is 29.8 Å². The lowest BCUT2D eigenvalue weighted by atomic mass is 10.1. The molecule has 1 saturated heterocycles. The molecule has 2 aromatic rings. The van der Waals surface area contributed by atoms with Crippen molar-refractivity contribution >= 4 is 29.6 Å². The molecule has 0 unspecified atom stereocenters. The van der Waals surface area contributed by atoms with E-state index in [-0.39, 0.29) is 12.2 Å². The fourth-order valence-electron chi connectivity index (χ4n) is 2.53. The van der Waals surface area contributed by atoms with E-state index in [0.29, 0.717) is 17.0 Å². The summed E-state index contributed by atoms with van der Waals surface area (Å²) < 4.78 is 5.16. The second-order valence-electron chi connectivity index (χ2n) is 5.81. The SMILES string of the molecule is Cc1ccc(N2C(=O)NC(=O)/C(=C\c3ccc(OCC#N)cc3)C2=O)cc1. The predicted molar refractivity (Wildman–Crippen MR) is 97.7 cm³/mol. The van der Waals surface area contributed by atoms with Gasteiger partial charge in [-0.15, -0.1) is 0 Å². The van der Waals surface area contributed by atoms with Gasteiger partial charge in [0.15, 0.2) is 6.61 Å². The van der Waals surface area contributed by atoms with Gasteiger partial charge in [0.05, 0.1) is 5.69 Å². The van der Waals surface area contributed by atoms with E-state index in [0.717, 1.165) is 10.5 Å². The van der Waals surface area contributed by atoms with Crippen LogP contribution < -0.4 is 15.0 Å². The largest absolute Gasteiger partial charge is 0.479 e. The van der Waals surface area contributed by atoms with Crippen LogP contribution in [0.1, 0.15) is 11.1 Å². The first-order valence-electron chi connectivity index (χ1n) is 8.07. The summed E-state index contributed by atoms with van der Waals surface area (Å²) in [5, 5.41) is 10.7. The third-order valence-corrected chi connectivity index (χ3v) is 3.89. The number of aryl methyl sites for hydroxylation is 1. The zero-order valence-corrected chi connectivity index (χ0v) is 14.4. The Bertz CT molecular complexity index is 970. The van der Waals surface area contributed by atoms with Crippen molar-refractivity contribution in [2.24, 2.45) is 0 Å². The summed E-state index contributed by atoms with van der Waals surface area (Å²) in [4.78, 5) is 38.0. The topological polar surface area (TPSA) is 99.5 Å². The molecule has 0 atom stereocenters. The first kappa shape index (κ1) is 17.9. The molecule has 7 heteroatoms.